The minimum atomic E-state index is -4.17. The summed E-state index contributed by atoms with van der Waals surface area (Å²) >= 11 is 6.61. The van der Waals surface area contributed by atoms with Crippen LogP contribution in [0.25, 0.3) is 0 Å². The predicted molar refractivity (Wildman–Crippen MR) is 101 cm³/mol. The molecular weight excluding hydrogens is 621 g/mol. The molecule has 0 aliphatic carbocycles. The lowest BCUT2D eigenvalue weighted by molar-refractivity contribution is 0.473. The molecule has 2 aromatic carbocycles. The SMILES string of the molecule is O=S(=O)(O)c1ccc(Oc2c(I)cc(I)cc2I)cc1. The predicted octanol–water partition coefficient (Wildman–Crippen LogP) is 4.54. The Morgan fingerprint density at radius 1 is 0.950 bits per heavy atom. The van der Waals surface area contributed by atoms with E-state index in [0.29, 0.717) is 5.75 Å². The molecule has 0 aliphatic rings. The molecule has 0 bridgehead atoms. The zero-order valence-corrected chi connectivity index (χ0v) is 17.0. The van der Waals surface area contributed by atoms with Gasteiger partial charge in [-0.05, 0) is 104 Å². The second kappa shape index (κ2) is 6.62. The summed E-state index contributed by atoms with van der Waals surface area (Å²) in [5.41, 5.74) is 0. The molecule has 2 aromatic rings. The maximum atomic E-state index is 11.0. The van der Waals surface area contributed by atoms with Gasteiger partial charge < -0.3 is 4.74 Å². The first kappa shape index (κ1) is 16.7. The van der Waals surface area contributed by atoms with E-state index >= 15 is 0 Å². The Balaban J connectivity index is 2.32. The molecule has 4 nitrogen and oxygen atoms in total. The summed E-state index contributed by atoms with van der Waals surface area (Å²) in [7, 11) is -4.17. The van der Waals surface area contributed by atoms with Gasteiger partial charge in [-0.15, -0.1) is 0 Å². The molecule has 1 N–H and O–H groups in total. The van der Waals surface area contributed by atoms with Gasteiger partial charge in [0.25, 0.3) is 10.1 Å². The Morgan fingerprint density at radius 2 is 1.45 bits per heavy atom. The summed E-state index contributed by atoms with van der Waals surface area (Å²) in [6.45, 7) is 0. The van der Waals surface area contributed by atoms with E-state index in [1.807, 2.05) is 12.1 Å². The van der Waals surface area contributed by atoms with Crippen molar-refractivity contribution in [1.29, 1.82) is 0 Å². The molecule has 0 amide bonds. The second-order valence-electron chi connectivity index (χ2n) is 3.75. The Bertz CT molecular complexity index is 719. The lowest BCUT2D eigenvalue weighted by Crippen LogP contribution is -1.98. The van der Waals surface area contributed by atoms with Crippen LogP contribution in [0.1, 0.15) is 0 Å². The maximum Gasteiger partial charge on any atom is 0.294 e. The van der Waals surface area contributed by atoms with Crippen LogP contribution in [-0.4, -0.2) is 13.0 Å². The van der Waals surface area contributed by atoms with Gasteiger partial charge in [0.2, 0.25) is 0 Å². The van der Waals surface area contributed by atoms with E-state index in [-0.39, 0.29) is 4.90 Å². The van der Waals surface area contributed by atoms with Gasteiger partial charge in [0.05, 0.1) is 12.0 Å². The van der Waals surface area contributed by atoms with Crippen LogP contribution >= 0.6 is 67.8 Å². The zero-order valence-electron chi connectivity index (χ0n) is 9.68. The third-order valence-corrected chi connectivity index (χ3v) is 5.40. The topological polar surface area (TPSA) is 63.6 Å². The number of rotatable bonds is 3. The van der Waals surface area contributed by atoms with Gasteiger partial charge in [-0.2, -0.15) is 8.42 Å². The van der Waals surface area contributed by atoms with Crippen molar-refractivity contribution in [2.45, 2.75) is 4.90 Å². The molecule has 0 unspecified atom stereocenters. The minimum absolute atomic E-state index is 0.156. The Morgan fingerprint density at radius 3 is 1.90 bits per heavy atom. The summed E-state index contributed by atoms with van der Waals surface area (Å²) in [6, 6.07) is 9.60. The summed E-state index contributed by atoms with van der Waals surface area (Å²) in [6.07, 6.45) is 0. The van der Waals surface area contributed by atoms with Gasteiger partial charge in [-0.3, -0.25) is 4.55 Å². The fourth-order valence-electron chi connectivity index (χ4n) is 1.42. The van der Waals surface area contributed by atoms with E-state index < -0.39 is 10.1 Å². The third kappa shape index (κ3) is 4.18. The maximum absolute atomic E-state index is 11.0. The van der Waals surface area contributed by atoms with Crippen molar-refractivity contribution in [3.8, 4) is 11.5 Å². The first-order valence-electron chi connectivity index (χ1n) is 5.17. The van der Waals surface area contributed by atoms with Crippen LogP contribution in [0.2, 0.25) is 0 Å². The molecule has 0 saturated heterocycles. The minimum Gasteiger partial charge on any atom is -0.455 e. The molecule has 0 saturated carbocycles. The lowest BCUT2D eigenvalue weighted by atomic mass is 10.3. The number of hydrogen-bond acceptors (Lipinski definition) is 3. The lowest BCUT2D eigenvalue weighted by Gasteiger charge is -2.10. The van der Waals surface area contributed by atoms with E-state index in [0.717, 1.165) is 16.5 Å². The third-order valence-electron chi connectivity index (χ3n) is 2.30. The quantitative estimate of drug-likeness (QED) is 0.401. The van der Waals surface area contributed by atoms with Crippen molar-refractivity contribution in [2.75, 3.05) is 0 Å². The fourth-order valence-corrected chi connectivity index (χ4v) is 5.71. The number of halogens is 3. The van der Waals surface area contributed by atoms with Crippen molar-refractivity contribution in [3.05, 3.63) is 47.1 Å². The van der Waals surface area contributed by atoms with Crippen molar-refractivity contribution >= 4 is 77.9 Å². The number of hydrogen-bond donors (Lipinski definition) is 1. The fraction of sp³-hybridized carbons (Fsp3) is 0. The average molecular weight is 628 g/mol. The van der Waals surface area contributed by atoms with Crippen LogP contribution in [0.5, 0.6) is 11.5 Å². The van der Waals surface area contributed by atoms with E-state index in [4.69, 9.17) is 9.29 Å². The average Bonchev–Trinajstić information content (AvgIpc) is 2.33. The normalized spacial score (nSPS) is 11.4. The summed E-state index contributed by atoms with van der Waals surface area (Å²) in [5.74, 6) is 1.24. The first-order chi connectivity index (χ1) is 9.27. The van der Waals surface area contributed by atoms with Crippen molar-refractivity contribution < 1.29 is 17.7 Å². The highest BCUT2D eigenvalue weighted by atomic mass is 127. The smallest absolute Gasteiger partial charge is 0.294 e. The molecule has 0 spiro atoms. The van der Waals surface area contributed by atoms with Crippen molar-refractivity contribution in [1.82, 2.24) is 0 Å². The Hall–Kier alpha value is 0.340. The molecule has 0 aliphatic heterocycles. The van der Waals surface area contributed by atoms with Gasteiger partial charge in [0, 0.05) is 3.57 Å². The van der Waals surface area contributed by atoms with Crippen LogP contribution in [0.4, 0.5) is 0 Å². The molecule has 8 heteroatoms. The van der Waals surface area contributed by atoms with Gasteiger partial charge in [-0.25, -0.2) is 0 Å². The highest BCUT2D eigenvalue weighted by Crippen LogP contribution is 2.33. The molecule has 20 heavy (non-hydrogen) atoms. The highest BCUT2D eigenvalue weighted by Gasteiger charge is 2.12. The number of benzene rings is 2. The van der Waals surface area contributed by atoms with Crippen LogP contribution in [-0.2, 0) is 10.1 Å². The molecule has 0 fully saturated rings. The molecule has 0 atom stereocenters. The molecule has 0 radical (unpaired) electrons. The Labute approximate surface area is 157 Å². The van der Waals surface area contributed by atoms with E-state index in [1.165, 1.54) is 24.3 Å². The van der Waals surface area contributed by atoms with Gasteiger partial charge in [-0.1, -0.05) is 0 Å². The molecule has 0 heterocycles. The van der Waals surface area contributed by atoms with Crippen LogP contribution in [0.3, 0.4) is 0 Å². The van der Waals surface area contributed by atoms with Crippen LogP contribution in [0.15, 0.2) is 41.3 Å². The van der Waals surface area contributed by atoms with Gasteiger partial charge in [0.1, 0.15) is 5.75 Å². The molecule has 2 rings (SSSR count). The van der Waals surface area contributed by atoms with Gasteiger partial charge >= 0.3 is 0 Å². The van der Waals surface area contributed by atoms with E-state index in [9.17, 15) is 8.42 Å². The van der Waals surface area contributed by atoms with Crippen molar-refractivity contribution in [2.24, 2.45) is 0 Å². The monoisotopic (exact) mass is 628 g/mol. The standard InChI is InChI=1S/C12H7I3O4S/c13-7-5-10(14)12(11(15)6-7)19-8-1-3-9(4-2-8)20(16,17)18/h1-6H,(H,16,17,18). The second-order valence-corrected chi connectivity index (χ2v) is 8.74. The zero-order chi connectivity index (χ0) is 14.9. The summed E-state index contributed by atoms with van der Waals surface area (Å²) in [5, 5.41) is 0. The van der Waals surface area contributed by atoms with Crippen molar-refractivity contribution in [3.63, 3.8) is 0 Å². The number of ether oxygens (including phenoxy) is 1. The summed E-state index contributed by atoms with van der Waals surface area (Å²) < 4.78 is 39.7. The largest absolute Gasteiger partial charge is 0.455 e. The first-order valence-corrected chi connectivity index (χ1v) is 9.85. The van der Waals surface area contributed by atoms with E-state index in [1.54, 1.807) is 0 Å². The van der Waals surface area contributed by atoms with Gasteiger partial charge in [0.15, 0.2) is 5.75 Å². The summed E-state index contributed by atoms with van der Waals surface area (Å²) in [4.78, 5) is -0.156. The molecule has 0 aromatic heterocycles. The van der Waals surface area contributed by atoms with Crippen LogP contribution in [0, 0.1) is 10.7 Å². The van der Waals surface area contributed by atoms with E-state index in [2.05, 4.69) is 67.8 Å². The van der Waals surface area contributed by atoms with Crippen LogP contribution < -0.4 is 4.74 Å². The Kier molecular flexibility index (Phi) is 5.53. The molecular formula is C12H7I3O4S. The molecule has 106 valence electrons. The highest BCUT2D eigenvalue weighted by molar-refractivity contribution is 14.1.